The van der Waals surface area contributed by atoms with Crippen LogP contribution in [0.1, 0.15) is 29.1 Å². The first-order chi connectivity index (χ1) is 13.4. The molecule has 0 radical (unpaired) electrons. The van der Waals surface area contributed by atoms with Gasteiger partial charge in [-0.1, -0.05) is 6.07 Å². The maximum Gasteiger partial charge on any atom is 0.277 e. The van der Waals surface area contributed by atoms with Crippen LogP contribution in [-0.4, -0.2) is 20.7 Å². The molecule has 2 aromatic heterocycles. The summed E-state index contributed by atoms with van der Waals surface area (Å²) < 4.78 is 5.37. The Morgan fingerprint density at radius 2 is 1.75 bits per heavy atom. The summed E-state index contributed by atoms with van der Waals surface area (Å²) in [6, 6.07) is 10.4. The molecule has 1 atom stereocenters. The number of carbonyl (C=O) groups is 1. The highest BCUT2D eigenvalue weighted by molar-refractivity contribution is 6.06. The minimum atomic E-state index is -0.787. The molecule has 1 aromatic carbocycles. The Kier molecular flexibility index (Phi) is 5.12. The van der Waals surface area contributed by atoms with Crippen molar-refractivity contribution in [1.29, 1.82) is 0 Å². The zero-order chi connectivity index (χ0) is 20.3. The number of pyridine rings is 1. The third-order valence-corrected chi connectivity index (χ3v) is 4.03. The van der Waals surface area contributed by atoms with E-state index in [1.807, 2.05) is 0 Å². The number of benzene rings is 1. The summed E-state index contributed by atoms with van der Waals surface area (Å²) >= 11 is 0. The van der Waals surface area contributed by atoms with Crippen LogP contribution in [0.4, 0.5) is 17.2 Å². The Bertz CT molecular complexity index is 988. The molecule has 0 aliphatic heterocycles. The fraction of sp³-hybridized carbons (Fsp3) is 0.111. The van der Waals surface area contributed by atoms with Crippen molar-refractivity contribution in [1.82, 2.24) is 4.98 Å². The van der Waals surface area contributed by atoms with Gasteiger partial charge in [0.25, 0.3) is 17.3 Å². The van der Waals surface area contributed by atoms with Crippen LogP contribution in [-0.2, 0) is 0 Å². The number of hydrogen-bond donors (Lipinski definition) is 0. The number of amides is 1. The molecule has 0 bridgehead atoms. The van der Waals surface area contributed by atoms with Crippen molar-refractivity contribution < 1.29 is 19.1 Å². The molecule has 2 heterocycles. The fourth-order valence-electron chi connectivity index (χ4n) is 2.70. The second-order valence-electron chi connectivity index (χ2n) is 5.81. The second kappa shape index (κ2) is 7.66. The topological polar surface area (TPSA) is 133 Å². The summed E-state index contributed by atoms with van der Waals surface area (Å²) in [6.07, 6.45) is 2.94. The lowest BCUT2D eigenvalue weighted by atomic mass is 10.1. The molecule has 0 aliphatic carbocycles. The Balaban J connectivity index is 2.12. The molecule has 3 aromatic rings. The minimum Gasteiger partial charge on any atom is -0.467 e. The van der Waals surface area contributed by atoms with Gasteiger partial charge in [-0.3, -0.25) is 29.9 Å². The van der Waals surface area contributed by atoms with E-state index in [2.05, 4.69) is 4.98 Å². The molecule has 10 nitrogen and oxygen atoms in total. The van der Waals surface area contributed by atoms with Gasteiger partial charge in [-0.15, -0.1) is 0 Å². The van der Waals surface area contributed by atoms with Gasteiger partial charge in [0.1, 0.15) is 11.6 Å². The van der Waals surface area contributed by atoms with E-state index in [0.29, 0.717) is 5.76 Å². The molecule has 0 spiro atoms. The number of nitro groups is 2. The van der Waals surface area contributed by atoms with E-state index in [4.69, 9.17) is 4.42 Å². The summed E-state index contributed by atoms with van der Waals surface area (Å²) in [7, 11) is 0. The zero-order valence-corrected chi connectivity index (χ0v) is 14.6. The van der Waals surface area contributed by atoms with Gasteiger partial charge in [0.2, 0.25) is 0 Å². The highest BCUT2D eigenvalue weighted by Gasteiger charge is 2.29. The van der Waals surface area contributed by atoms with Gasteiger partial charge < -0.3 is 4.42 Å². The largest absolute Gasteiger partial charge is 0.467 e. The van der Waals surface area contributed by atoms with Gasteiger partial charge in [0.15, 0.2) is 0 Å². The first kappa shape index (κ1) is 18.7. The van der Waals surface area contributed by atoms with E-state index < -0.39 is 33.2 Å². The number of aromatic nitrogens is 1. The van der Waals surface area contributed by atoms with Crippen LogP contribution in [0.5, 0.6) is 0 Å². The number of nitro benzene ring substituents is 2. The smallest absolute Gasteiger partial charge is 0.277 e. The van der Waals surface area contributed by atoms with Crippen LogP contribution in [0.3, 0.4) is 0 Å². The number of carbonyl (C=O) groups excluding carboxylic acids is 1. The van der Waals surface area contributed by atoms with E-state index >= 15 is 0 Å². The summed E-state index contributed by atoms with van der Waals surface area (Å²) in [5, 5.41) is 22.3. The van der Waals surface area contributed by atoms with Crippen LogP contribution < -0.4 is 4.90 Å². The van der Waals surface area contributed by atoms with Crippen molar-refractivity contribution in [3.05, 3.63) is 92.5 Å². The lowest BCUT2D eigenvalue weighted by molar-refractivity contribution is -0.394. The molecule has 0 fully saturated rings. The lowest BCUT2D eigenvalue weighted by Gasteiger charge is -2.27. The molecule has 0 saturated carbocycles. The minimum absolute atomic E-state index is 0.204. The van der Waals surface area contributed by atoms with Gasteiger partial charge >= 0.3 is 0 Å². The van der Waals surface area contributed by atoms with E-state index in [-0.39, 0.29) is 11.4 Å². The van der Waals surface area contributed by atoms with Crippen LogP contribution in [0.25, 0.3) is 0 Å². The number of nitrogens with zero attached hydrogens (tertiary/aromatic N) is 4. The van der Waals surface area contributed by atoms with Gasteiger partial charge in [-0.25, -0.2) is 4.98 Å². The average molecular weight is 382 g/mol. The normalized spacial score (nSPS) is 11.6. The molecule has 0 aliphatic rings. The Morgan fingerprint density at radius 3 is 2.25 bits per heavy atom. The van der Waals surface area contributed by atoms with Crippen molar-refractivity contribution in [2.45, 2.75) is 13.0 Å². The second-order valence-corrected chi connectivity index (χ2v) is 5.81. The van der Waals surface area contributed by atoms with E-state index in [1.165, 1.54) is 17.4 Å². The molecule has 28 heavy (non-hydrogen) atoms. The Hall–Kier alpha value is -4.08. The highest BCUT2D eigenvalue weighted by atomic mass is 16.6. The first-order valence-electron chi connectivity index (χ1n) is 8.10. The van der Waals surface area contributed by atoms with Crippen LogP contribution in [0, 0.1) is 20.2 Å². The maximum absolute atomic E-state index is 13.2. The molecular formula is C18H14N4O6. The zero-order valence-electron chi connectivity index (χ0n) is 14.6. The summed E-state index contributed by atoms with van der Waals surface area (Å²) in [5.74, 6) is 0.0406. The number of rotatable bonds is 6. The SMILES string of the molecule is CC(c1ccco1)N(C(=O)c1cc([N+](=O)[O-])cc([N+](=O)[O-])c1)c1ccccn1. The molecule has 1 unspecified atom stereocenters. The molecule has 0 saturated heterocycles. The van der Waals surface area contributed by atoms with Gasteiger partial charge in [-0.05, 0) is 31.2 Å². The lowest BCUT2D eigenvalue weighted by Crippen LogP contribution is -2.34. The standard InChI is InChI=1S/C18H14N4O6/c1-12(16-5-4-8-28-16)20(17-6-2-3-7-19-17)18(23)13-9-14(21(24)25)11-15(10-13)22(26)27/h2-12H,1H3. The number of non-ortho nitro benzene ring substituents is 2. The predicted octanol–water partition coefficient (Wildman–Crippen LogP) is 3.90. The van der Waals surface area contributed by atoms with Gasteiger partial charge in [0.05, 0.1) is 33.8 Å². The summed E-state index contributed by atoms with van der Waals surface area (Å²) in [4.78, 5) is 39.4. The highest BCUT2D eigenvalue weighted by Crippen LogP contribution is 2.30. The van der Waals surface area contributed by atoms with Crippen LogP contribution in [0.15, 0.2) is 65.4 Å². The van der Waals surface area contributed by atoms with Crippen molar-refractivity contribution >= 4 is 23.1 Å². The molecular weight excluding hydrogens is 368 g/mol. The van der Waals surface area contributed by atoms with Crippen molar-refractivity contribution in [2.24, 2.45) is 0 Å². The predicted molar refractivity (Wildman–Crippen MR) is 97.9 cm³/mol. The average Bonchev–Trinajstić information content (AvgIpc) is 3.23. The Labute approximate surface area is 158 Å². The number of anilines is 1. The third kappa shape index (κ3) is 3.70. The van der Waals surface area contributed by atoms with E-state index in [1.54, 1.807) is 37.3 Å². The van der Waals surface area contributed by atoms with Crippen molar-refractivity contribution in [3.8, 4) is 0 Å². The van der Waals surface area contributed by atoms with Crippen molar-refractivity contribution in [2.75, 3.05) is 4.90 Å². The Morgan fingerprint density at radius 1 is 1.07 bits per heavy atom. The molecule has 3 rings (SSSR count). The van der Waals surface area contributed by atoms with Crippen molar-refractivity contribution in [3.63, 3.8) is 0 Å². The third-order valence-electron chi connectivity index (χ3n) is 4.03. The van der Waals surface area contributed by atoms with Gasteiger partial charge in [-0.2, -0.15) is 0 Å². The number of hydrogen-bond acceptors (Lipinski definition) is 7. The summed E-state index contributed by atoms with van der Waals surface area (Å²) in [5.41, 5.74) is -1.31. The van der Waals surface area contributed by atoms with E-state index in [9.17, 15) is 25.0 Å². The molecule has 142 valence electrons. The number of furan rings is 1. The van der Waals surface area contributed by atoms with Crippen LogP contribution in [0.2, 0.25) is 0 Å². The molecule has 10 heteroatoms. The van der Waals surface area contributed by atoms with Gasteiger partial charge in [0, 0.05) is 18.3 Å². The first-order valence-corrected chi connectivity index (χ1v) is 8.10. The molecule has 0 N–H and O–H groups in total. The quantitative estimate of drug-likeness (QED) is 0.466. The maximum atomic E-state index is 13.2. The summed E-state index contributed by atoms with van der Waals surface area (Å²) in [6.45, 7) is 1.69. The monoisotopic (exact) mass is 382 g/mol. The fourth-order valence-corrected chi connectivity index (χ4v) is 2.70. The van der Waals surface area contributed by atoms with E-state index in [0.717, 1.165) is 18.2 Å². The van der Waals surface area contributed by atoms with Crippen LogP contribution >= 0.6 is 0 Å². The molecule has 1 amide bonds.